The zero-order chi connectivity index (χ0) is 15.6. The average Bonchev–Trinajstić information content (AvgIpc) is 2.86. The lowest BCUT2D eigenvalue weighted by molar-refractivity contribution is -0.122. The fourth-order valence-electron chi connectivity index (χ4n) is 3.26. The van der Waals surface area contributed by atoms with Crippen molar-refractivity contribution >= 4 is 35.3 Å². The van der Waals surface area contributed by atoms with E-state index in [1.54, 1.807) is 0 Å². The molecular formula is C17H25ClN4O. The van der Waals surface area contributed by atoms with Crippen LogP contribution >= 0.6 is 12.4 Å². The molecule has 126 valence electrons. The highest BCUT2D eigenvalue weighted by molar-refractivity contribution is 5.98. The highest BCUT2D eigenvalue weighted by Crippen LogP contribution is 2.28. The Labute approximate surface area is 143 Å². The summed E-state index contributed by atoms with van der Waals surface area (Å²) >= 11 is 0. The normalized spacial score (nSPS) is 16.8. The van der Waals surface area contributed by atoms with Gasteiger partial charge in [0.05, 0.1) is 16.6 Å². The number of carbonyl (C=O) groups excluding carboxylic acids is 1. The lowest BCUT2D eigenvalue weighted by atomic mass is 9.82. The highest BCUT2D eigenvalue weighted by Gasteiger charge is 2.36. The van der Waals surface area contributed by atoms with E-state index < -0.39 is 5.54 Å². The number of amides is 1. The number of benzene rings is 1. The Morgan fingerprint density at radius 3 is 2.70 bits per heavy atom. The number of rotatable bonds is 4. The Morgan fingerprint density at radius 1 is 1.30 bits per heavy atom. The van der Waals surface area contributed by atoms with Crippen molar-refractivity contribution in [1.29, 1.82) is 0 Å². The van der Waals surface area contributed by atoms with E-state index in [1.807, 2.05) is 24.3 Å². The molecule has 0 radical (unpaired) electrons. The number of imidazole rings is 1. The van der Waals surface area contributed by atoms with E-state index in [0.717, 1.165) is 49.7 Å². The number of aromatic nitrogens is 2. The predicted molar refractivity (Wildman–Crippen MR) is 95.9 cm³/mol. The van der Waals surface area contributed by atoms with E-state index in [-0.39, 0.29) is 18.3 Å². The third kappa shape index (κ3) is 3.51. The van der Waals surface area contributed by atoms with E-state index in [9.17, 15) is 4.79 Å². The Balaban J connectivity index is 0.00000192. The van der Waals surface area contributed by atoms with Gasteiger partial charge in [0.15, 0.2) is 0 Å². The number of nitrogens with zero attached hydrogens (tertiary/aromatic N) is 2. The van der Waals surface area contributed by atoms with Gasteiger partial charge < -0.3 is 10.3 Å². The second-order valence-corrected chi connectivity index (χ2v) is 6.25. The van der Waals surface area contributed by atoms with Crippen LogP contribution in [0, 0.1) is 0 Å². The fourth-order valence-corrected chi connectivity index (χ4v) is 3.26. The number of aryl methyl sites for hydroxylation is 1. The quantitative estimate of drug-likeness (QED) is 0.897. The molecule has 0 spiro atoms. The summed E-state index contributed by atoms with van der Waals surface area (Å²) in [7, 11) is 0. The van der Waals surface area contributed by atoms with Crippen LogP contribution in [0.2, 0.25) is 0 Å². The van der Waals surface area contributed by atoms with E-state index in [4.69, 9.17) is 5.73 Å². The predicted octanol–water partition coefficient (Wildman–Crippen LogP) is 3.47. The number of nitrogens with one attached hydrogen (secondary N) is 1. The van der Waals surface area contributed by atoms with Crippen LogP contribution in [0.4, 0.5) is 5.95 Å². The minimum atomic E-state index is -0.743. The molecular weight excluding hydrogens is 312 g/mol. The van der Waals surface area contributed by atoms with Crippen LogP contribution in [-0.2, 0) is 11.3 Å². The molecule has 3 rings (SSSR count). The highest BCUT2D eigenvalue weighted by atomic mass is 35.5. The molecule has 1 fully saturated rings. The zero-order valence-corrected chi connectivity index (χ0v) is 14.4. The first kappa shape index (κ1) is 17.8. The van der Waals surface area contributed by atoms with E-state index in [0.29, 0.717) is 5.95 Å². The lowest BCUT2D eigenvalue weighted by Gasteiger charge is -2.31. The third-order valence-corrected chi connectivity index (χ3v) is 4.53. The largest absolute Gasteiger partial charge is 0.317 e. The number of carbonyl (C=O) groups is 1. The van der Waals surface area contributed by atoms with Crippen molar-refractivity contribution in [3.8, 4) is 0 Å². The van der Waals surface area contributed by atoms with Gasteiger partial charge in [-0.05, 0) is 31.4 Å². The van der Waals surface area contributed by atoms with Gasteiger partial charge in [-0.1, -0.05) is 38.3 Å². The Hall–Kier alpha value is -1.59. The first-order valence-electron chi connectivity index (χ1n) is 8.20. The van der Waals surface area contributed by atoms with Gasteiger partial charge in [0, 0.05) is 6.54 Å². The van der Waals surface area contributed by atoms with Crippen molar-refractivity contribution in [2.24, 2.45) is 5.73 Å². The summed E-state index contributed by atoms with van der Waals surface area (Å²) in [5, 5.41) is 2.98. The van der Waals surface area contributed by atoms with Gasteiger partial charge in [-0.2, -0.15) is 0 Å². The Bertz CT molecular complexity index is 676. The van der Waals surface area contributed by atoms with Crippen molar-refractivity contribution in [3.05, 3.63) is 24.3 Å². The van der Waals surface area contributed by atoms with Crippen LogP contribution in [0.5, 0.6) is 0 Å². The number of fused-ring (bicyclic) bond motifs is 1. The lowest BCUT2D eigenvalue weighted by Crippen LogP contribution is -2.52. The van der Waals surface area contributed by atoms with Crippen LogP contribution < -0.4 is 11.1 Å². The number of para-hydroxylation sites is 2. The first-order chi connectivity index (χ1) is 10.6. The number of halogens is 1. The van der Waals surface area contributed by atoms with E-state index in [1.165, 1.54) is 6.42 Å². The molecule has 0 unspecified atom stereocenters. The van der Waals surface area contributed by atoms with Gasteiger partial charge in [0.1, 0.15) is 0 Å². The Kier molecular flexibility index (Phi) is 5.65. The zero-order valence-electron chi connectivity index (χ0n) is 13.5. The maximum absolute atomic E-state index is 12.6. The molecule has 1 aliphatic carbocycles. The molecule has 0 bridgehead atoms. The standard InChI is InChI=1S/C17H24N4O.ClH/c1-2-12-21-14-9-5-4-8-13(14)19-16(21)20-15(22)17(18)10-6-3-7-11-17;/h4-5,8-9H,2-3,6-7,10-12,18H2,1H3,(H,19,20,22);1H. The number of nitrogens with two attached hydrogens (primary N) is 1. The van der Waals surface area contributed by atoms with Crippen LogP contribution in [0.25, 0.3) is 11.0 Å². The molecule has 1 aromatic heterocycles. The molecule has 2 aromatic rings. The summed E-state index contributed by atoms with van der Waals surface area (Å²) in [4.78, 5) is 17.2. The second-order valence-electron chi connectivity index (χ2n) is 6.25. The summed E-state index contributed by atoms with van der Waals surface area (Å²) in [6, 6.07) is 7.96. The first-order valence-corrected chi connectivity index (χ1v) is 8.20. The van der Waals surface area contributed by atoms with Crippen molar-refractivity contribution in [1.82, 2.24) is 9.55 Å². The van der Waals surface area contributed by atoms with Crippen LogP contribution in [0.15, 0.2) is 24.3 Å². The maximum Gasteiger partial charge on any atom is 0.246 e. The van der Waals surface area contributed by atoms with E-state index >= 15 is 0 Å². The number of anilines is 1. The van der Waals surface area contributed by atoms with Gasteiger partial charge in [-0.25, -0.2) is 4.98 Å². The van der Waals surface area contributed by atoms with Crippen molar-refractivity contribution < 1.29 is 4.79 Å². The van der Waals surface area contributed by atoms with Crippen molar-refractivity contribution in [3.63, 3.8) is 0 Å². The molecule has 6 heteroatoms. The van der Waals surface area contributed by atoms with Crippen LogP contribution in [0.3, 0.4) is 0 Å². The molecule has 0 atom stereocenters. The summed E-state index contributed by atoms with van der Waals surface area (Å²) in [5.74, 6) is 0.517. The van der Waals surface area contributed by atoms with Crippen LogP contribution in [-0.4, -0.2) is 21.0 Å². The average molecular weight is 337 g/mol. The minimum Gasteiger partial charge on any atom is -0.317 e. The molecule has 3 N–H and O–H groups in total. The van der Waals surface area contributed by atoms with Gasteiger partial charge in [0.25, 0.3) is 0 Å². The summed E-state index contributed by atoms with van der Waals surface area (Å²) in [6.07, 6.45) is 5.71. The summed E-state index contributed by atoms with van der Waals surface area (Å²) in [5.41, 5.74) is 7.53. The fraction of sp³-hybridized carbons (Fsp3) is 0.529. The van der Waals surface area contributed by atoms with Gasteiger partial charge in [-0.15, -0.1) is 12.4 Å². The summed E-state index contributed by atoms with van der Waals surface area (Å²) in [6.45, 7) is 2.94. The number of hydrogen-bond acceptors (Lipinski definition) is 3. The smallest absolute Gasteiger partial charge is 0.246 e. The molecule has 1 heterocycles. The van der Waals surface area contributed by atoms with Crippen molar-refractivity contribution in [2.45, 2.75) is 57.5 Å². The SMILES string of the molecule is CCCn1c(NC(=O)C2(N)CCCCC2)nc2ccccc21.Cl. The molecule has 1 aliphatic rings. The second kappa shape index (κ2) is 7.32. The molecule has 1 amide bonds. The monoisotopic (exact) mass is 336 g/mol. The van der Waals surface area contributed by atoms with Gasteiger partial charge in [0.2, 0.25) is 11.9 Å². The molecule has 1 aromatic carbocycles. The molecule has 23 heavy (non-hydrogen) atoms. The third-order valence-electron chi connectivity index (χ3n) is 4.53. The molecule has 0 aliphatic heterocycles. The van der Waals surface area contributed by atoms with Gasteiger partial charge >= 0.3 is 0 Å². The minimum absolute atomic E-state index is 0. The number of hydrogen-bond donors (Lipinski definition) is 2. The van der Waals surface area contributed by atoms with Crippen molar-refractivity contribution in [2.75, 3.05) is 5.32 Å². The molecule has 0 saturated heterocycles. The topological polar surface area (TPSA) is 72.9 Å². The van der Waals surface area contributed by atoms with Crippen LogP contribution in [0.1, 0.15) is 45.4 Å². The summed E-state index contributed by atoms with van der Waals surface area (Å²) < 4.78 is 2.07. The van der Waals surface area contributed by atoms with Gasteiger partial charge in [-0.3, -0.25) is 10.1 Å². The van der Waals surface area contributed by atoms with E-state index in [2.05, 4.69) is 21.8 Å². The maximum atomic E-state index is 12.6. The Morgan fingerprint density at radius 2 is 2.00 bits per heavy atom. The molecule has 5 nitrogen and oxygen atoms in total. The molecule has 1 saturated carbocycles.